The number of benzene rings is 1. The highest BCUT2D eigenvalue weighted by Crippen LogP contribution is 2.14. The van der Waals surface area contributed by atoms with E-state index in [-0.39, 0.29) is 11.6 Å². The van der Waals surface area contributed by atoms with Crippen molar-refractivity contribution in [2.75, 3.05) is 12.1 Å². The van der Waals surface area contributed by atoms with E-state index in [1.807, 2.05) is 0 Å². The number of anilines is 1. The van der Waals surface area contributed by atoms with Gasteiger partial charge in [-0.2, -0.15) is 10.1 Å². The van der Waals surface area contributed by atoms with E-state index in [0.717, 1.165) is 5.01 Å². The SMILES string of the molecule is NS(=O)(=O)c1ccc(NN2C=NN(C(=O)O)C2)cc1. The van der Waals surface area contributed by atoms with Crippen LogP contribution < -0.4 is 10.6 Å². The zero-order valence-corrected chi connectivity index (χ0v) is 10.4. The first-order valence-electron chi connectivity index (χ1n) is 5.07. The minimum Gasteiger partial charge on any atom is -0.464 e. The first kappa shape index (κ1) is 13.1. The van der Waals surface area contributed by atoms with Crippen molar-refractivity contribution >= 4 is 28.1 Å². The number of nitrogens with two attached hydrogens (primary N) is 1. The van der Waals surface area contributed by atoms with Crippen molar-refractivity contribution in [1.29, 1.82) is 0 Å². The maximum Gasteiger partial charge on any atom is 0.429 e. The van der Waals surface area contributed by atoms with Crippen molar-refractivity contribution in [1.82, 2.24) is 10.0 Å². The molecule has 0 bridgehead atoms. The van der Waals surface area contributed by atoms with Gasteiger partial charge in [-0.1, -0.05) is 0 Å². The Balaban J connectivity index is 2.02. The van der Waals surface area contributed by atoms with E-state index in [9.17, 15) is 13.2 Å². The van der Waals surface area contributed by atoms with Gasteiger partial charge in [0.1, 0.15) is 13.0 Å². The standard InChI is InChI=1S/C9H11N5O4S/c10-19(17,18)8-3-1-7(2-4-8)12-13-5-11-14(6-13)9(15)16/h1-5,12H,6H2,(H,15,16)(H2,10,17,18). The lowest BCUT2D eigenvalue weighted by atomic mass is 10.3. The Morgan fingerprint density at radius 3 is 2.47 bits per heavy atom. The average molecular weight is 285 g/mol. The highest BCUT2D eigenvalue weighted by molar-refractivity contribution is 7.89. The number of nitrogens with one attached hydrogen (secondary N) is 1. The molecule has 0 fully saturated rings. The average Bonchev–Trinajstić information content (AvgIpc) is 2.77. The van der Waals surface area contributed by atoms with Crippen molar-refractivity contribution in [3.8, 4) is 0 Å². The Hall–Kier alpha value is -2.33. The molecule has 1 amide bonds. The Morgan fingerprint density at radius 1 is 1.37 bits per heavy atom. The minimum absolute atomic E-state index is 0.000279. The molecule has 1 heterocycles. The molecule has 0 atom stereocenters. The van der Waals surface area contributed by atoms with E-state index in [4.69, 9.17) is 10.2 Å². The van der Waals surface area contributed by atoms with Gasteiger partial charge < -0.3 is 5.11 Å². The number of carbonyl (C=O) groups is 1. The third-order valence-electron chi connectivity index (χ3n) is 2.29. The number of rotatable bonds is 3. The molecule has 1 aromatic carbocycles. The summed E-state index contributed by atoms with van der Waals surface area (Å²) in [6.07, 6.45) is 0.145. The largest absolute Gasteiger partial charge is 0.464 e. The molecule has 0 spiro atoms. The van der Waals surface area contributed by atoms with E-state index >= 15 is 0 Å². The number of sulfonamides is 1. The molecule has 2 rings (SSSR count). The monoisotopic (exact) mass is 285 g/mol. The third kappa shape index (κ3) is 3.11. The fourth-order valence-electron chi connectivity index (χ4n) is 1.40. The van der Waals surface area contributed by atoms with Crippen LogP contribution in [0, 0.1) is 0 Å². The van der Waals surface area contributed by atoms with E-state index in [1.165, 1.54) is 35.6 Å². The molecular formula is C9H11N5O4S. The van der Waals surface area contributed by atoms with Crippen molar-refractivity contribution in [3.05, 3.63) is 24.3 Å². The summed E-state index contributed by atoms with van der Waals surface area (Å²) in [5, 5.41) is 19.6. The summed E-state index contributed by atoms with van der Waals surface area (Å²) < 4.78 is 22.1. The highest BCUT2D eigenvalue weighted by Gasteiger charge is 2.19. The molecule has 0 saturated carbocycles. The number of hydrazine groups is 1. The summed E-state index contributed by atoms with van der Waals surface area (Å²) in [5.41, 5.74) is 3.42. The second-order valence-electron chi connectivity index (χ2n) is 3.71. The molecule has 19 heavy (non-hydrogen) atoms. The number of amides is 1. The van der Waals surface area contributed by atoms with Crippen molar-refractivity contribution in [2.24, 2.45) is 10.2 Å². The zero-order valence-electron chi connectivity index (χ0n) is 9.59. The predicted molar refractivity (Wildman–Crippen MR) is 66.5 cm³/mol. The Kier molecular flexibility index (Phi) is 3.27. The summed E-state index contributed by atoms with van der Waals surface area (Å²) >= 11 is 0. The summed E-state index contributed by atoms with van der Waals surface area (Å²) in [4.78, 5) is 10.6. The van der Waals surface area contributed by atoms with Crippen LogP contribution >= 0.6 is 0 Å². The van der Waals surface area contributed by atoms with Gasteiger partial charge in [0.05, 0.1) is 10.6 Å². The summed E-state index contributed by atoms with van der Waals surface area (Å²) in [6.45, 7) is 0.0340. The van der Waals surface area contributed by atoms with Crippen molar-refractivity contribution in [2.45, 2.75) is 4.90 Å². The summed E-state index contributed by atoms with van der Waals surface area (Å²) in [5.74, 6) is 0. The van der Waals surface area contributed by atoms with Gasteiger partial charge in [-0.15, -0.1) is 0 Å². The van der Waals surface area contributed by atoms with E-state index < -0.39 is 16.1 Å². The zero-order chi connectivity index (χ0) is 14.0. The predicted octanol–water partition coefficient (Wildman–Crippen LogP) is -0.143. The molecule has 9 nitrogen and oxygen atoms in total. The smallest absolute Gasteiger partial charge is 0.429 e. The number of hydrogen-bond acceptors (Lipinski definition) is 6. The molecule has 1 aromatic rings. The number of primary sulfonamides is 1. The number of carboxylic acid groups (broad SMARTS) is 1. The first-order valence-corrected chi connectivity index (χ1v) is 6.61. The van der Waals surface area contributed by atoms with Crippen LogP contribution in [0.15, 0.2) is 34.3 Å². The van der Waals surface area contributed by atoms with Gasteiger partial charge in [0.2, 0.25) is 10.0 Å². The van der Waals surface area contributed by atoms with Crippen LogP contribution in [0.25, 0.3) is 0 Å². The topological polar surface area (TPSA) is 128 Å². The molecule has 0 unspecified atom stereocenters. The molecule has 0 aliphatic carbocycles. The van der Waals surface area contributed by atoms with Crippen LogP contribution in [0.2, 0.25) is 0 Å². The second-order valence-corrected chi connectivity index (χ2v) is 5.27. The van der Waals surface area contributed by atoms with E-state index in [2.05, 4.69) is 10.5 Å². The fraction of sp³-hybridized carbons (Fsp3) is 0.111. The van der Waals surface area contributed by atoms with Gasteiger partial charge in [-0.3, -0.25) is 10.4 Å². The quantitative estimate of drug-likeness (QED) is 0.709. The van der Waals surface area contributed by atoms with E-state index in [1.54, 1.807) is 0 Å². The van der Waals surface area contributed by atoms with Gasteiger partial charge in [0, 0.05) is 0 Å². The van der Waals surface area contributed by atoms with Crippen LogP contribution in [-0.4, -0.2) is 42.6 Å². The second kappa shape index (κ2) is 4.74. The Labute approximate surface area is 108 Å². The van der Waals surface area contributed by atoms with Gasteiger partial charge in [0.15, 0.2) is 0 Å². The molecule has 10 heteroatoms. The van der Waals surface area contributed by atoms with E-state index in [0.29, 0.717) is 5.69 Å². The first-order chi connectivity index (χ1) is 8.86. The van der Waals surface area contributed by atoms with Gasteiger partial charge >= 0.3 is 6.09 Å². The highest BCUT2D eigenvalue weighted by atomic mass is 32.2. The number of nitrogens with zero attached hydrogens (tertiary/aromatic N) is 3. The molecule has 0 radical (unpaired) electrons. The summed E-state index contributed by atoms with van der Waals surface area (Å²) in [6, 6.07) is 5.72. The molecule has 0 saturated heterocycles. The maximum atomic E-state index is 11.1. The maximum absolute atomic E-state index is 11.1. The van der Waals surface area contributed by atoms with Crippen LogP contribution in [-0.2, 0) is 10.0 Å². The lowest BCUT2D eigenvalue weighted by Crippen LogP contribution is -2.33. The normalized spacial score (nSPS) is 14.8. The van der Waals surface area contributed by atoms with Gasteiger partial charge in [-0.05, 0) is 24.3 Å². The number of hydrazone groups is 1. The van der Waals surface area contributed by atoms with Gasteiger partial charge in [0.25, 0.3) is 0 Å². The molecule has 102 valence electrons. The van der Waals surface area contributed by atoms with Crippen LogP contribution in [0.1, 0.15) is 0 Å². The molecule has 0 aromatic heterocycles. The van der Waals surface area contributed by atoms with Crippen LogP contribution in [0.3, 0.4) is 0 Å². The van der Waals surface area contributed by atoms with Crippen LogP contribution in [0.5, 0.6) is 0 Å². The molecule has 4 N–H and O–H groups in total. The minimum atomic E-state index is -3.72. The number of hydrogen-bond donors (Lipinski definition) is 3. The van der Waals surface area contributed by atoms with Gasteiger partial charge in [-0.25, -0.2) is 18.4 Å². The third-order valence-corrected chi connectivity index (χ3v) is 3.22. The summed E-state index contributed by atoms with van der Waals surface area (Å²) in [7, 11) is -3.72. The van der Waals surface area contributed by atoms with Crippen LogP contribution in [0.4, 0.5) is 10.5 Å². The molecule has 1 aliphatic heterocycles. The van der Waals surface area contributed by atoms with Crippen molar-refractivity contribution in [3.63, 3.8) is 0 Å². The van der Waals surface area contributed by atoms with Crippen molar-refractivity contribution < 1.29 is 18.3 Å². The lowest BCUT2D eigenvalue weighted by molar-refractivity contribution is 0.141. The molecule has 1 aliphatic rings. The fourth-order valence-corrected chi connectivity index (χ4v) is 1.92. The molecular weight excluding hydrogens is 274 g/mol. The lowest BCUT2D eigenvalue weighted by Gasteiger charge is -2.18. The Morgan fingerprint density at radius 2 is 2.00 bits per heavy atom. The Bertz CT molecular complexity index is 612.